The van der Waals surface area contributed by atoms with Gasteiger partial charge in [-0.1, -0.05) is 37.3 Å². The quantitative estimate of drug-likeness (QED) is 0.794. The van der Waals surface area contributed by atoms with Crippen molar-refractivity contribution in [1.29, 1.82) is 0 Å². The molecule has 2 rings (SSSR count). The molecule has 2 heteroatoms. The summed E-state index contributed by atoms with van der Waals surface area (Å²) in [6.45, 7) is 6.06. The Balaban J connectivity index is 1.98. The molecule has 0 bridgehead atoms. The van der Waals surface area contributed by atoms with E-state index in [4.69, 9.17) is 0 Å². The molecular formula is C15H21NO. The molecule has 2 nitrogen and oxygen atoms in total. The SMILES string of the molecule is CCC(=O)C(C)N1CCC(c2ccccc2)C1. The minimum atomic E-state index is 0.0914. The zero-order chi connectivity index (χ0) is 12.3. The Morgan fingerprint density at radius 1 is 1.41 bits per heavy atom. The van der Waals surface area contributed by atoms with Gasteiger partial charge in [0, 0.05) is 13.0 Å². The number of likely N-dealkylation sites (tertiary alicyclic amines) is 1. The standard InChI is InChI=1S/C15H21NO/c1-3-15(17)12(2)16-10-9-14(11-16)13-7-5-4-6-8-13/h4-8,12,14H,3,9-11H2,1-2H3. The second-order valence-electron chi connectivity index (χ2n) is 4.89. The highest BCUT2D eigenvalue weighted by atomic mass is 16.1. The first-order valence-electron chi connectivity index (χ1n) is 6.54. The second kappa shape index (κ2) is 5.46. The number of carbonyl (C=O) groups excluding carboxylic acids is 1. The average Bonchev–Trinajstić information content (AvgIpc) is 2.87. The van der Waals surface area contributed by atoms with E-state index < -0.39 is 0 Å². The fourth-order valence-corrected chi connectivity index (χ4v) is 2.64. The Hall–Kier alpha value is -1.15. The molecule has 1 aliphatic rings. The zero-order valence-electron chi connectivity index (χ0n) is 10.7. The molecule has 2 atom stereocenters. The Kier molecular flexibility index (Phi) is 3.95. The minimum absolute atomic E-state index is 0.0914. The molecule has 0 aliphatic carbocycles. The lowest BCUT2D eigenvalue weighted by Crippen LogP contribution is -2.36. The molecule has 0 amide bonds. The Morgan fingerprint density at radius 2 is 2.12 bits per heavy atom. The third kappa shape index (κ3) is 2.75. The van der Waals surface area contributed by atoms with Crippen LogP contribution in [0.4, 0.5) is 0 Å². The van der Waals surface area contributed by atoms with Crippen LogP contribution in [0.5, 0.6) is 0 Å². The molecule has 0 saturated carbocycles. The first kappa shape index (κ1) is 12.3. The molecular weight excluding hydrogens is 210 g/mol. The molecule has 1 aromatic rings. The van der Waals surface area contributed by atoms with Crippen molar-refractivity contribution < 1.29 is 4.79 Å². The van der Waals surface area contributed by atoms with E-state index in [1.165, 1.54) is 12.0 Å². The molecule has 17 heavy (non-hydrogen) atoms. The van der Waals surface area contributed by atoms with Crippen molar-refractivity contribution in [2.24, 2.45) is 0 Å². The Bertz CT molecular complexity index is 374. The van der Waals surface area contributed by atoms with Crippen LogP contribution in [0.1, 0.15) is 38.2 Å². The molecule has 1 fully saturated rings. The molecule has 92 valence electrons. The van der Waals surface area contributed by atoms with Crippen molar-refractivity contribution in [1.82, 2.24) is 4.90 Å². The van der Waals surface area contributed by atoms with E-state index in [-0.39, 0.29) is 6.04 Å². The van der Waals surface area contributed by atoms with Crippen LogP contribution >= 0.6 is 0 Å². The molecule has 2 unspecified atom stereocenters. The number of carbonyl (C=O) groups is 1. The molecule has 0 spiro atoms. The average molecular weight is 231 g/mol. The summed E-state index contributed by atoms with van der Waals surface area (Å²) < 4.78 is 0. The molecule has 0 aromatic heterocycles. The number of benzene rings is 1. The number of rotatable bonds is 4. The lowest BCUT2D eigenvalue weighted by atomic mass is 9.99. The van der Waals surface area contributed by atoms with Gasteiger partial charge in [0.05, 0.1) is 6.04 Å². The minimum Gasteiger partial charge on any atom is -0.298 e. The number of ketones is 1. The first-order valence-corrected chi connectivity index (χ1v) is 6.54. The zero-order valence-corrected chi connectivity index (χ0v) is 10.7. The molecule has 1 aromatic carbocycles. The number of hydrogen-bond donors (Lipinski definition) is 0. The van der Waals surface area contributed by atoms with E-state index in [2.05, 4.69) is 35.2 Å². The second-order valence-corrected chi connectivity index (χ2v) is 4.89. The van der Waals surface area contributed by atoms with Gasteiger partial charge in [-0.3, -0.25) is 9.69 Å². The predicted molar refractivity (Wildman–Crippen MR) is 70.1 cm³/mol. The Morgan fingerprint density at radius 3 is 2.76 bits per heavy atom. The van der Waals surface area contributed by atoms with Gasteiger partial charge in [0.15, 0.2) is 0 Å². The van der Waals surface area contributed by atoms with Gasteiger partial charge in [-0.2, -0.15) is 0 Å². The van der Waals surface area contributed by atoms with Crippen molar-refractivity contribution in [3.63, 3.8) is 0 Å². The first-order chi connectivity index (χ1) is 8.22. The van der Waals surface area contributed by atoms with Gasteiger partial charge in [-0.25, -0.2) is 0 Å². The largest absolute Gasteiger partial charge is 0.298 e. The van der Waals surface area contributed by atoms with Gasteiger partial charge >= 0.3 is 0 Å². The van der Waals surface area contributed by atoms with Crippen LogP contribution < -0.4 is 0 Å². The van der Waals surface area contributed by atoms with Crippen molar-refractivity contribution in [3.8, 4) is 0 Å². The van der Waals surface area contributed by atoms with Gasteiger partial charge in [-0.15, -0.1) is 0 Å². The summed E-state index contributed by atoms with van der Waals surface area (Å²) in [5.74, 6) is 0.960. The molecule has 0 N–H and O–H groups in total. The van der Waals surface area contributed by atoms with Gasteiger partial charge in [0.1, 0.15) is 5.78 Å². The third-order valence-corrected chi connectivity index (χ3v) is 3.85. The van der Waals surface area contributed by atoms with Gasteiger partial charge in [0.2, 0.25) is 0 Å². The number of hydrogen-bond acceptors (Lipinski definition) is 2. The summed E-state index contributed by atoms with van der Waals surface area (Å²) in [6.07, 6.45) is 1.82. The maximum atomic E-state index is 11.7. The van der Waals surface area contributed by atoms with E-state index in [1.807, 2.05) is 13.8 Å². The van der Waals surface area contributed by atoms with Crippen molar-refractivity contribution in [2.75, 3.05) is 13.1 Å². The fourth-order valence-electron chi connectivity index (χ4n) is 2.64. The highest BCUT2D eigenvalue weighted by molar-refractivity contribution is 5.83. The normalized spacial score (nSPS) is 22.6. The van der Waals surface area contributed by atoms with Crippen molar-refractivity contribution in [3.05, 3.63) is 35.9 Å². The fraction of sp³-hybridized carbons (Fsp3) is 0.533. The summed E-state index contributed by atoms with van der Waals surface area (Å²) in [4.78, 5) is 14.0. The van der Waals surface area contributed by atoms with Crippen LogP contribution in [-0.4, -0.2) is 29.8 Å². The maximum Gasteiger partial charge on any atom is 0.149 e. The topological polar surface area (TPSA) is 20.3 Å². The third-order valence-electron chi connectivity index (χ3n) is 3.85. The van der Waals surface area contributed by atoms with E-state index in [9.17, 15) is 4.79 Å². The summed E-state index contributed by atoms with van der Waals surface area (Å²) in [6, 6.07) is 10.7. The summed E-state index contributed by atoms with van der Waals surface area (Å²) in [5.41, 5.74) is 1.41. The summed E-state index contributed by atoms with van der Waals surface area (Å²) in [7, 11) is 0. The van der Waals surface area contributed by atoms with Crippen LogP contribution in [0, 0.1) is 0 Å². The lowest BCUT2D eigenvalue weighted by molar-refractivity contribution is -0.123. The summed E-state index contributed by atoms with van der Waals surface area (Å²) in [5, 5.41) is 0. The van der Waals surface area contributed by atoms with E-state index in [0.29, 0.717) is 18.1 Å². The van der Waals surface area contributed by atoms with Crippen LogP contribution in [-0.2, 0) is 4.79 Å². The van der Waals surface area contributed by atoms with Gasteiger partial charge in [-0.05, 0) is 31.4 Å². The molecule has 1 aliphatic heterocycles. The molecule has 1 heterocycles. The monoisotopic (exact) mass is 231 g/mol. The van der Waals surface area contributed by atoms with Gasteiger partial charge in [0.25, 0.3) is 0 Å². The van der Waals surface area contributed by atoms with Crippen LogP contribution in [0.3, 0.4) is 0 Å². The highest BCUT2D eigenvalue weighted by Gasteiger charge is 2.29. The molecule has 0 radical (unpaired) electrons. The van der Waals surface area contributed by atoms with Gasteiger partial charge < -0.3 is 0 Å². The van der Waals surface area contributed by atoms with Crippen LogP contribution in [0.2, 0.25) is 0 Å². The predicted octanol–water partition coefficient (Wildman–Crippen LogP) is 2.84. The van der Waals surface area contributed by atoms with Crippen LogP contribution in [0.25, 0.3) is 0 Å². The molecule has 1 saturated heterocycles. The maximum absolute atomic E-state index is 11.7. The number of Topliss-reactive ketones (excluding diaryl/α,β-unsaturated/α-hetero) is 1. The van der Waals surface area contributed by atoms with E-state index in [1.54, 1.807) is 0 Å². The summed E-state index contributed by atoms with van der Waals surface area (Å²) >= 11 is 0. The van der Waals surface area contributed by atoms with Crippen molar-refractivity contribution >= 4 is 5.78 Å². The highest BCUT2D eigenvalue weighted by Crippen LogP contribution is 2.28. The lowest BCUT2D eigenvalue weighted by Gasteiger charge is -2.22. The van der Waals surface area contributed by atoms with E-state index >= 15 is 0 Å². The van der Waals surface area contributed by atoms with Crippen molar-refractivity contribution in [2.45, 2.75) is 38.6 Å². The smallest absolute Gasteiger partial charge is 0.149 e. The number of nitrogens with zero attached hydrogens (tertiary/aromatic N) is 1. The Labute approximate surface area is 104 Å². The van der Waals surface area contributed by atoms with E-state index in [0.717, 1.165) is 13.1 Å². The van der Waals surface area contributed by atoms with Crippen LogP contribution in [0.15, 0.2) is 30.3 Å².